The first-order valence-electron chi connectivity index (χ1n) is 12.7. The molecule has 9 nitrogen and oxygen atoms in total. The van der Waals surface area contributed by atoms with Crippen LogP contribution in [0.15, 0.2) is 52.2 Å². The van der Waals surface area contributed by atoms with E-state index >= 15 is 0 Å². The molecule has 2 aromatic heterocycles. The highest BCUT2D eigenvalue weighted by atomic mass is 32.1. The van der Waals surface area contributed by atoms with Crippen LogP contribution in [0, 0.1) is 6.92 Å². The number of rotatable bonds is 8. The Morgan fingerprint density at radius 2 is 1.97 bits per heavy atom. The summed E-state index contributed by atoms with van der Waals surface area (Å²) in [5, 5.41) is 9.61. The first kappa shape index (κ1) is 25.0. The van der Waals surface area contributed by atoms with Crippen molar-refractivity contribution in [3.8, 4) is 0 Å². The average Bonchev–Trinajstić information content (AvgIpc) is 3.64. The Labute approximate surface area is 219 Å². The summed E-state index contributed by atoms with van der Waals surface area (Å²) in [5.41, 5.74) is 1.53. The zero-order valence-corrected chi connectivity index (χ0v) is 21.7. The largest absolute Gasteiger partial charge is 0.461 e. The quantitative estimate of drug-likeness (QED) is 0.342. The molecule has 10 heteroatoms. The van der Waals surface area contributed by atoms with Crippen molar-refractivity contribution >= 4 is 45.6 Å². The molecule has 4 heterocycles. The van der Waals surface area contributed by atoms with Crippen LogP contribution >= 0.6 is 11.3 Å². The van der Waals surface area contributed by atoms with Crippen molar-refractivity contribution < 1.29 is 18.8 Å². The third kappa shape index (κ3) is 6.02. The van der Waals surface area contributed by atoms with E-state index in [-0.39, 0.29) is 24.1 Å². The molecule has 2 amide bonds. The molecule has 2 fully saturated rings. The van der Waals surface area contributed by atoms with Crippen LogP contribution in [0.25, 0.3) is 11.0 Å². The number of aryl methyl sites for hydroxylation is 1. The molecule has 2 N–H and O–H groups in total. The van der Waals surface area contributed by atoms with Crippen LogP contribution in [0.3, 0.4) is 0 Å². The van der Waals surface area contributed by atoms with Gasteiger partial charge in [0.2, 0.25) is 17.6 Å². The van der Waals surface area contributed by atoms with Crippen molar-refractivity contribution in [2.45, 2.75) is 45.1 Å². The Hall–Kier alpha value is -3.66. The lowest BCUT2D eigenvalue weighted by Crippen LogP contribution is -2.49. The second-order valence-corrected chi connectivity index (χ2v) is 10.4. The van der Waals surface area contributed by atoms with Gasteiger partial charge < -0.3 is 24.9 Å². The number of carbonyl (C=O) groups is 3. The Kier molecular flexibility index (Phi) is 7.55. The number of amides is 2. The minimum Gasteiger partial charge on any atom is -0.461 e. The monoisotopic (exact) mass is 521 g/mol. The van der Waals surface area contributed by atoms with Crippen LogP contribution in [0.1, 0.15) is 47.7 Å². The number of nitrogens with zero attached hydrogens (tertiary/aromatic N) is 3. The Balaban J connectivity index is 1.36. The summed E-state index contributed by atoms with van der Waals surface area (Å²) < 4.78 is 5.67. The van der Waals surface area contributed by atoms with Gasteiger partial charge in [-0.05, 0) is 63.3 Å². The number of benzene rings is 1. The van der Waals surface area contributed by atoms with Gasteiger partial charge in [0.1, 0.15) is 23.2 Å². The number of anilines is 1. The van der Waals surface area contributed by atoms with Crippen LogP contribution in [0.4, 0.5) is 5.69 Å². The molecule has 37 heavy (non-hydrogen) atoms. The van der Waals surface area contributed by atoms with Gasteiger partial charge in [0.15, 0.2) is 5.01 Å². The van der Waals surface area contributed by atoms with E-state index < -0.39 is 6.04 Å². The van der Waals surface area contributed by atoms with E-state index in [4.69, 9.17) is 4.42 Å². The number of hydrogen-bond acceptors (Lipinski definition) is 8. The number of hydrogen-bond donors (Lipinski definition) is 2. The molecule has 0 radical (unpaired) electrons. The number of aromatic nitrogens is 1. The lowest BCUT2D eigenvalue weighted by Gasteiger charge is -2.27. The number of allylic oxidation sites excluding steroid dienone is 1. The number of furan rings is 1. The van der Waals surface area contributed by atoms with Crippen LogP contribution < -0.4 is 10.6 Å². The molecule has 0 saturated carbocycles. The van der Waals surface area contributed by atoms with E-state index in [0.717, 1.165) is 61.2 Å². The van der Waals surface area contributed by atoms with E-state index in [1.807, 2.05) is 36.1 Å². The van der Waals surface area contributed by atoms with Crippen LogP contribution in [0.2, 0.25) is 0 Å². The van der Waals surface area contributed by atoms with Gasteiger partial charge in [0.25, 0.3) is 0 Å². The minimum atomic E-state index is -0.559. The van der Waals surface area contributed by atoms with Crippen molar-refractivity contribution in [2.24, 2.45) is 0 Å². The average molecular weight is 522 g/mol. The summed E-state index contributed by atoms with van der Waals surface area (Å²) in [4.78, 5) is 46.8. The first-order valence-corrected chi connectivity index (χ1v) is 13.6. The molecule has 194 valence electrons. The summed E-state index contributed by atoms with van der Waals surface area (Å²) in [7, 11) is 0. The molecule has 0 bridgehead atoms. The molecule has 1 aromatic carbocycles. The third-order valence-corrected chi connectivity index (χ3v) is 7.52. The van der Waals surface area contributed by atoms with Gasteiger partial charge in [0, 0.05) is 48.4 Å². The summed E-state index contributed by atoms with van der Waals surface area (Å²) in [6, 6.07) is 7.06. The molecule has 0 aliphatic carbocycles. The number of ketones is 1. The topological polar surface area (TPSA) is 108 Å². The molecule has 5 rings (SSSR count). The maximum Gasteiger partial charge on any atom is 0.245 e. The van der Waals surface area contributed by atoms with Gasteiger partial charge in [0.05, 0.1) is 6.54 Å². The molecular formula is C27H31N5O4S. The van der Waals surface area contributed by atoms with Crippen molar-refractivity contribution in [2.75, 3.05) is 31.5 Å². The fourth-order valence-corrected chi connectivity index (χ4v) is 5.42. The highest BCUT2D eigenvalue weighted by Crippen LogP contribution is 2.24. The normalized spacial score (nSPS) is 18.8. The summed E-state index contributed by atoms with van der Waals surface area (Å²) >= 11 is 1.26. The summed E-state index contributed by atoms with van der Waals surface area (Å²) in [6.45, 7) is 4.07. The minimum absolute atomic E-state index is 0.00282. The molecule has 0 unspecified atom stereocenters. The van der Waals surface area contributed by atoms with E-state index in [1.54, 1.807) is 16.5 Å². The second-order valence-electron chi connectivity index (χ2n) is 9.53. The van der Waals surface area contributed by atoms with Gasteiger partial charge in [-0.15, -0.1) is 11.3 Å². The number of likely N-dealkylation sites (tertiary alicyclic amines) is 2. The van der Waals surface area contributed by atoms with E-state index in [1.165, 1.54) is 17.4 Å². The van der Waals surface area contributed by atoms with Crippen molar-refractivity contribution in [3.63, 3.8) is 0 Å². The lowest BCUT2D eigenvalue weighted by molar-refractivity contribution is -0.140. The molecule has 2 saturated heterocycles. The van der Waals surface area contributed by atoms with Crippen LogP contribution in [0.5, 0.6) is 0 Å². The van der Waals surface area contributed by atoms with Gasteiger partial charge in [-0.25, -0.2) is 4.98 Å². The molecular weight excluding hydrogens is 490 g/mol. The molecule has 1 atom stereocenters. The third-order valence-electron chi connectivity index (χ3n) is 6.73. The fourth-order valence-electron chi connectivity index (χ4n) is 4.87. The lowest BCUT2D eigenvalue weighted by atomic mass is 10.1. The van der Waals surface area contributed by atoms with Gasteiger partial charge >= 0.3 is 0 Å². The SMILES string of the molecule is Cc1cc2cc(N/C(=C\C(=O)c3nccs3)N[C@H]3CCCCN(CC(=O)N4CCCC4)C3=O)ccc2o1. The zero-order chi connectivity index (χ0) is 25.8. The Morgan fingerprint density at radius 3 is 2.76 bits per heavy atom. The second kappa shape index (κ2) is 11.2. The highest BCUT2D eigenvalue weighted by Gasteiger charge is 2.30. The summed E-state index contributed by atoms with van der Waals surface area (Å²) in [5.74, 6) is 0.842. The van der Waals surface area contributed by atoms with E-state index in [0.29, 0.717) is 23.8 Å². The van der Waals surface area contributed by atoms with Gasteiger partial charge in [-0.3, -0.25) is 14.4 Å². The molecule has 0 spiro atoms. The zero-order valence-electron chi connectivity index (χ0n) is 20.9. The highest BCUT2D eigenvalue weighted by molar-refractivity contribution is 7.11. The summed E-state index contributed by atoms with van der Waals surface area (Å²) in [6.07, 6.45) is 7.34. The van der Waals surface area contributed by atoms with E-state index in [2.05, 4.69) is 15.6 Å². The van der Waals surface area contributed by atoms with Crippen molar-refractivity contribution in [3.05, 3.63) is 58.5 Å². The first-order chi connectivity index (χ1) is 18.0. The smallest absolute Gasteiger partial charge is 0.245 e. The fraction of sp³-hybridized carbons (Fsp3) is 0.407. The number of fused-ring (bicyclic) bond motifs is 1. The Morgan fingerprint density at radius 1 is 1.16 bits per heavy atom. The number of thiazole rings is 1. The van der Waals surface area contributed by atoms with Crippen LogP contribution in [-0.4, -0.2) is 64.6 Å². The number of nitrogens with one attached hydrogen (secondary N) is 2. The van der Waals surface area contributed by atoms with Gasteiger partial charge in [-0.1, -0.05) is 0 Å². The Bertz CT molecular complexity index is 1310. The molecule has 2 aliphatic rings. The van der Waals surface area contributed by atoms with E-state index in [9.17, 15) is 14.4 Å². The van der Waals surface area contributed by atoms with Gasteiger partial charge in [-0.2, -0.15) is 0 Å². The maximum absolute atomic E-state index is 13.5. The molecule has 2 aliphatic heterocycles. The molecule has 3 aromatic rings. The van der Waals surface area contributed by atoms with Crippen LogP contribution in [-0.2, 0) is 9.59 Å². The van der Waals surface area contributed by atoms with Crippen molar-refractivity contribution in [1.29, 1.82) is 0 Å². The predicted octanol–water partition coefficient (Wildman–Crippen LogP) is 3.93. The standard InChI is InChI=1S/C27H31N5O4S/c1-18-14-19-15-20(7-8-23(19)36-18)29-24(16-22(33)26-28-9-13-37-26)30-21-6-2-3-12-32(27(21)35)17-25(34)31-10-4-5-11-31/h7-9,13-16,21,29-30H,2-6,10-12,17H2,1H3/b24-16+/t21-/m0/s1. The predicted molar refractivity (Wildman–Crippen MR) is 142 cm³/mol. The maximum atomic E-state index is 13.5. The number of carbonyl (C=O) groups excluding carboxylic acids is 3. The van der Waals surface area contributed by atoms with Crippen molar-refractivity contribution in [1.82, 2.24) is 20.1 Å².